The van der Waals surface area contributed by atoms with Crippen LogP contribution in [0.5, 0.6) is 0 Å². The number of benzene rings is 1. The Hall–Kier alpha value is -0.300. The molecule has 0 bridgehead atoms. The van der Waals surface area contributed by atoms with Crippen molar-refractivity contribution in [2.24, 2.45) is 5.92 Å². The van der Waals surface area contributed by atoms with Crippen LogP contribution in [0, 0.1) is 5.92 Å². The van der Waals surface area contributed by atoms with Gasteiger partial charge in [-0.15, -0.1) is 0 Å². The van der Waals surface area contributed by atoms with E-state index >= 15 is 0 Å². The topological polar surface area (TPSA) is 0 Å². The second kappa shape index (κ2) is 6.44. The standard InChI is InChI=1S/C15H21Br/c16-15-12-5-4-10-14(15)11-6-9-13-7-2-1-3-8-13/h1-3,7-8,14-15H,4-6,9-12H2. The summed E-state index contributed by atoms with van der Waals surface area (Å²) in [5.74, 6) is 0.928. The van der Waals surface area contributed by atoms with E-state index in [1.807, 2.05) is 0 Å². The van der Waals surface area contributed by atoms with Crippen molar-refractivity contribution in [2.75, 3.05) is 0 Å². The Balaban J connectivity index is 1.71. The quantitative estimate of drug-likeness (QED) is 0.684. The van der Waals surface area contributed by atoms with E-state index in [1.165, 1.54) is 50.5 Å². The number of rotatable bonds is 4. The Labute approximate surface area is 108 Å². The molecular weight excluding hydrogens is 260 g/mol. The van der Waals surface area contributed by atoms with Gasteiger partial charge in [0, 0.05) is 4.83 Å². The highest BCUT2D eigenvalue weighted by molar-refractivity contribution is 9.09. The Kier molecular flexibility index (Phi) is 4.90. The van der Waals surface area contributed by atoms with Gasteiger partial charge in [0.05, 0.1) is 0 Å². The smallest absolute Gasteiger partial charge is 0.0174 e. The van der Waals surface area contributed by atoms with Crippen molar-refractivity contribution >= 4 is 15.9 Å². The number of halogens is 1. The number of hydrogen-bond acceptors (Lipinski definition) is 0. The highest BCUT2D eigenvalue weighted by Gasteiger charge is 2.21. The van der Waals surface area contributed by atoms with Crippen molar-refractivity contribution in [3.8, 4) is 0 Å². The van der Waals surface area contributed by atoms with Gasteiger partial charge in [-0.05, 0) is 43.6 Å². The van der Waals surface area contributed by atoms with Gasteiger partial charge in [0.25, 0.3) is 0 Å². The van der Waals surface area contributed by atoms with Gasteiger partial charge < -0.3 is 0 Å². The summed E-state index contributed by atoms with van der Waals surface area (Å²) in [6, 6.07) is 10.9. The normalized spacial score (nSPS) is 25.6. The predicted molar refractivity (Wildman–Crippen MR) is 74.1 cm³/mol. The van der Waals surface area contributed by atoms with Gasteiger partial charge in [-0.3, -0.25) is 0 Å². The molecule has 2 unspecified atom stereocenters. The monoisotopic (exact) mass is 280 g/mol. The minimum Gasteiger partial charge on any atom is -0.0888 e. The Morgan fingerprint density at radius 1 is 1.06 bits per heavy atom. The molecule has 1 fully saturated rings. The summed E-state index contributed by atoms with van der Waals surface area (Å²) in [6.45, 7) is 0. The molecular formula is C15H21Br. The van der Waals surface area contributed by atoms with E-state index in [2.05, 4.69) is 46.3 Å². The third kappa shape index (κ3) is 3.62. The Bertz CT molecular complexity index is 294. The molecule has 1 aliphatic carbocycles. The molecule has 0 aliphatic heterocycles. The minimum absolute atomic E-state index is 0.789. The first-order valence-corrected chi connectivity index (χ1v) is 7.46. The third-order valence-corrected chi connectivity index (χ3v) is 4.90. The second-order valence-corrected chi connectivity index (χ2v) is 6.11. The maximum Gasteiger partial charge on any atom is 0.0174 e. The van der Waals surface area contributed by atoms with E-state index in [1.54, 1.807) is 0 Å². The van der Waals surface area contributed by atoms with Crippen molar-refractivity contribution in [1.29, 1.82) is 0 Å². The van der Waals surface area contributed by atoms with Crippen LogP contribution in [0.15, 0.2) is 30.3 Å². The van der Waals surface area contributed by atoms with Crippen LogP contribution in [0.1, 0.15) is 44.1 Å². The fraction of sp³-hybridized carbons (Fsp3) is 0.600. The lowest BCUT2D eigenvalue weighted by atomic mass is 9.85. The van der Waals surface area contributed by atoms with Crippen LogP contribution in [0.25, 0.3) is 0 Å². The van der Waals surface area contributed by atoms with Gasteiger partial charge in [-0.25, -0.2) is 0 Å². The molecule has 2 atom stereocenters. The molecule has 1 aromatic rings. The summed E-state index contributed by atoms with van der Waals surface area (Å²) in [4.78, 5) is 0.789. The summed E-state index contributed by atoms with van der Waals surface area (Å²) < 4.78 is 0. The zero-order valence-electron chi connectivity index (χ0n) is 9.87. The van der Waals surface area contributed by atoms with Crippen LogP contribution < -0.4 is 0 Å². The van der Waals surface area contributed by atoms with Crippen molar-refractivity contribution < 1.29 is 0 Å². The zero-order valence-corrected chi connectivity index (χ0v) is 11.5. The highest BCUT2D eigenvalue weighted by Crippen LogP contribution is 2.33. The SMILES string of the molecule is BrC1CCCCC1CCCc1ccccc1. The third-order valence-electron chi connectivity index (χ3n) is 3.70. The number of hydrogen-bond donors (Lipinski definition) is 0. The largest absolute Gasteiger partial charge is 0.0888 e. The molecule has 1 heteroatoms. The summed E-state index contributed by atoms with van der Waals surface area (Å²) in [5, 5.41) is 0. The van der Waals surface area contributed by atoms with Gasteiger partial charge in [-0.1, -0.05) is 59.1 Å². The van der Waals surface area contributed by atoms with Crippen LogP contribution in [0.3, 0.4) is 0 Å². The molecule has 88 valence electrons. The first-order valence-electron chi connectivity index (χ1n) is 6.54. The molecule has 1 aromatic carbocycles. The fourth-order valence-corrected chi connectivity index (χ4v) is 3.55. The fourth-order valence-electron chi connectivity index (χ4n) is 2.70. The number of alkyl halides is 1. The molecule has 0 spiro atoms. The van der Waals surface area contributed by atoms with Crippen LogP contribution >= 0.6 is 15.9 Å². The Morgan fingerprint density at radius 2 is 1.81 bits per heavy atom. The molecule has 0 aromatic heterocycles. The lowest BCUT2D eigenvalue weighted by Crippen LogP contribution is -2.19. The van der Waals surface area contributed by atoms with Crippen molar-refractivity contribution in [2.45, 2.75) is 49.8 Å². The number of aryl methyl sites for hydroxylation is 1. The van der Waals surface area contributed by atoms with Gasteiger partial charge >= 0.3 is 0 Å². The average molecular weight is 281 g/mol. The van der Waals surface area contributed by atoms with Crippen LogP contribution in [-0.4, -0.2) is 4.83 Å². The summed E-state index contributed by atoms with van der Waals surface area (Å²) in [5.41, 5.74) is 1.49. The lowest BCUT2D eigenvalue weighted by Gasteiger charge is -2.27. The lowest BCUT2D eigenvalue weighted by molar-refractivity contribution is 0.348. The van der Waals surface area contributed by atoms with Crippen molar-refractivity contribution in [3.05, 3.63) is 35.9 Å². The van der Waals surface area contributed by atoms with Crippen molar-refractivity contribution in [3.63, 3.8) is 0 Å². The first kappa shape index (κ1) is 12.2. The zero-order chi connectivity index (χ0) is 11.2. The molecule has 2 rings (SSSR count). The van der Waals surface area contributed by atoms with E-state index in [9.17, 15) is 0 Å². The van der Waals surface area contributed by atoms with Gasteiger partial charge in [0.15, 0.2) is 0 Å². The molecule has 1 saturated carbocycles. The molecule has 0 heterocycles. The highest BCUT2D eigenvalue weighted by atomic mass is 79.9. The van der Waals surface area contributed by atoms with Gasteiger partial charge in [-0.2, -0.15) is 0 Å². The van der Waals surface area contributed by atoms with Crippen LogP contribution in [-0.2, 0) is 6.42 Å². The van der Waals surface area contributed by atoms with Crippen LogP contribution in [0.4, 0.5) is 0 Å². The molecule has 1 aliphatic rings. The minimum atomic E-state index is 0.789. The average Bonchev–Trinajstić information content (AvgIpc) is 2.33. The second-order valence-electron chi connectivity index (χ2n) is 4.94. The van der Waals surface area contributed by atoms with E-state index in [4.69, 9.17) is 0 Å². The van der Waals surface area contributed by atoms with E-state index in [0.29, 0.717) is 0 Å². The van der Waals surface area contributed by atoms with Gasteiger partial charge in [0.1, 0.15) is 0 Å². The van der Waals surface area contributed by atoms with Gasteiger partial charge in [0.2, 0.25) is 0 Å². The van der Waals surface area contributed by atoms with Crippen LogP contribution in [0.2, 0.25) is 0 Å². The predicted octanol–water partition coefficient (Wildman–Crippen LogP) is 4.96. The first-order chi connectivity index (χ1) is 7.86. The van der Waals surface area contributed by atoms with Crippen molar-refractivity contribution in [1.82, 2.24) is 0 Å². The maximum atomic E-state index is 3.84. The molecule has 16 heavy (non-hydrogen) atoms. The van der Waals surface area contributed by atoms with E-state index in [-0.39, 0.29) is 0 Å². The molecule has 0 radical (unpaired) electrons. The maximum absolute atomic E-state index is 3.84. The molecule has 0 N–H and O–H groups in total. The Morgan fingerprint density at radius 3 is 2.56 bits per heavy atom. The van der Waals surface area contributed by atoms with E-state index < -0.39 is 0 Å². The summed E-state index contributed by atoms with van der Waals surface area (Å²) in [6.07, 6.45) is 9.67. The molecule has 0 amide bonds. The molecule has 0 nitrogen and oxygen atoms in total. The summed E-state index contributed by atoms with van der Waals surface area (Å²) >= 11 is 3.84. The molecule has 0 saturated heterocycles. The van der Waals surface area contributed by atoms with E-state index in [0.717, 1.165) is 10.7 Å². The summed E-state index contributed by atoms with van der Waals surface area (Å²) in [7, 11) is 0.